The van der Waals surface area contributed by atoms with E-state index in [1.807, 2.05) is 51.1 Å². The molecular formula is C25H34ClN3O4S. The van der Waals surface area contributed by atoms with Crippen molar-refractivity contribution in [2.75, 3.05) is 23.7 Å². The Hall–Kier alpha value is -2.58. The van der Waals surface area contributed by atoms with Gasteiger partial charge in [0.15, 0.2) is 0 Å². The fraction of sp³-hybridized carbons (Fsp3) is 0.440. The quantitative estimate of drug-likeness (QED) is 0.497. The molecule has 0 aromatic heterocycles. The van der Waals surface area contributed by atoms with Crippen LogP contribution < -0.4 is 9.62 Å². The largest absolute Gasteiger partial charge is 0.355 e. The van der Waals surface area contributed by atoms with Crippen LogP contribution in [-0.4, -0.2) is 50.5 Å². The van der Waals surface area contributed by atoms with Crippen LogP contribution in [0.25, 0.3) is 0 Å². The number of nitrogens with zero attached hydrogens (tertiary/aromatic N) is 2. The van der Waals surface area contributed by atoms with Gasteiger partial charge in [-0.15, -0.1) is 0 Å². The molecule has 0 unspecified atom stereocenters. The van der Waals surface area contributed by atoms with Gasteiger partial charge in [-0.05, 0) is 75.1 Å². The van der Waals surface area contributed by atoms with Gasteiger partial charge in [-0.25, -0.2) is 8.42 Å². The number of carbonyl (C=O) groups excluding carboxylic acids is 2. The van der Waals surface area contributed by atoms with Crippen molar-refractivity contribution in [1.82, 2.24) is 10.2 Å². The fourth-order valence-corrected chi connectivity index (χ4v) is 4.86. The van der Waals surface area contributed by atoms with Crippen LogP contribution in [0.3, 0.4) is 0 Å². The van der Waals surface area contributed by atoms with Gasteiger partial charge in [-0.3, -0.25) is 13.9 Å². The van der Waals surface area contributed by atoms with Crippen LogP contribution in [0.2, 0.25) is 5.02 Å². The van der Waals surface area contributed by atoms with Crippen LogP contribution in [0, 0.1) is 13.8 Å². The van der Waals surface area contributed by atoms with Crippen LogP contribution in [0.5, 0.6) is 0 Å². The summed E-state index contributed by atoms with van der Waals surface area (Å²) < 4.78 is 26.3. The van der Waals surface area contributed by atoms with Crippen molar-refractivity contribution in [3.63, 3.8) is 0 Å². The van der Waals surface area contributed by atoms with E-state index in [4.69, 9.17) is 11.6 Å². The number of rotatable bonds is 11. The minimum absolute atomic E-state index is 0.105. The van der Waals surface area contributed by atoms with Crippen molar-refractivity contribution in [1.29, 1.82) is 0 Å². The van der Waals surface area contributed by atoms with Crippen molar-refractivity contribution in [2.45, 2.75) is 53.1 Å². The molecule has 7 nitrogen and oxygen atoms in total. The number of halogens is 1. The summed E-state index contributed by atoms with van der Waals surface area (Å²) in [5, 5.41) is 3.35. The third kappa shape index (κ3) is 8.02. The van der Waals surface area contributed by atoms with Gasteiger partial charge in [0.2, 0.25) is 21.8 Å². The molecule has 34 heavy (non-hydrogen) atoms. The number of likely N-dealkylation sites (N-methyl/N-ethyl adjacent to an activating group) is 1. The van der Waals surface area contributed by atoms with Crippen molar-refractivity contribution in [2.24, 2.45) is 0 Å². The summed E-state index contributed by atoms with van der Waals surface area (Å²) in [5.74, 6) is -0.458. The molecular weight excluding hydrogens is 474 g/mol. The molecule has 1 atom stereocenters. The Morgan fingerprint density at radius 2 is 1.65 bits per heavy atom. The number of carbonyl (C=O) groups is 2. The van der Waals surface area contributed by atoms with E-state index in [2.05, 4.69) is 5.32 Å². The summed E-state index contributed by atoms with van der Waals surface area (Å²) in [6.07, 6.45) is 1.59. The van der Waals surface area contributed by atoms with Gasteiger partial charge in [-0.1, -0.05) is 29.8 Å². The topological polar surface area (TPSA) is 86.8 Å². The first-order valence-corrected chi connectivity index (χ1v) is 13.5. The van der Waals surface area contributed by atoms with E-state index in [0.29, 0.717) is 23.7 Å². The summed E-state index contributed by atoms with van der Waals surface area (Å²) >= 11 is 5.97. The van der Waals surface area contributed by atoms with Gasteiger partial charge in [-0.2, -0.15) is 0 Å². The molecule has 0 saturated heterocycles. The molecule has 0 radical (unpaired) electrons. The zero-order chi connectivity index (χ0) is 25.5. The first-order valence-electron chi connectivity index (χ1n) is 11.3. The highest BCUT2D eigenvalue weighted by Crippen LogP contribution is 2.22. The second-order valence-electron chi connectivity index (χ2n) is 8.50. The summed E-state index contributed by atoms with van der Waals surface area (Å²) in [7, 11) is -3.53. The lowest BCUT2D eigenvalue weighted by atomic mass is 10.1. The van der Waals surface area contributed by atoms with Crippen LogP contribution in [-0.2, 0) is 26.2 Å². The zero-order valence-corrected chi connectivity index (χ0v) is 22.0. The predicted octanol–water partition coefficient (Wildman–Crippen LogP) is 4.06. The first-order chi connectivity index (χ1) is 15.9. The van der Waals surface area contributed by atoms with E-state index >= 15 is 0 Å². The van der Waals surface area contributed by atoms with E-state index in [1.54, 1.807) is 19.1 Å². The van der Waals surface area contributed by atoms with E-state index in [9.17, 15) is 18.0 Å². The predicted molar refractivity (Wildman–Crippen MR) is 137 cm³/mol. The Balaban J connectivity index is 2.17. The van der Waals surface area contributed by atoms with Gasteiger partial charge >= 0.3 is 0 Å². The number of hydrogen-bond acceptors (Lipinski definition) is 4. The SMILES string of the molecule is CCNC(=O)[C@H](C)N(Cc1ccc(Cl)cc1)C(=O)CCCN(c1cc(C)cc(C)c1)S(C)(=O)=O. The molecule has 9 heteroatoms. The van der Waals surface area contributed by atoms with E-state index in [1.165, 1.54) is 9.21 Å². The molecule has 0 aliphatic carbocycles. The van der Waals surface area contributed by atoms with Crippen molar-refractivity contribution >= 4 is 39.1 Å². The number of nitrogens with one attached hydrogen (secondary N) is 1. The van der Waals surface area contributed by atoms with Crippen molar-refractivity contribution in [3.05, 3.63) is 64.2 Å². The second-order valence-corrected chi connectivity index (χ2v) is 10.8. The second kappa shape index (κ2) is 12.2. The minimum Gasteiger partial charge on any atom is -0.355 e. The van der Waals surface area contributed by atoms with Crippen molar-refractivity contribution < 1.29 is 18.0 Å². The average Bonchev–Trinajstić information content (AvgIpc) is 2.74. The molecule has 2 rings (SSSR count). The maximum atomic E-state index is 13.2. The summed E-state index contributed by atoms with van der Waals surface area (Å²) in [4.78, 5) is 27.2. The molecule has 0 heterocycles. The van der Waals surface area contributed by atoms with Gasteiger partial charge in [0.25, 0.3) is 0 Å². The number of anilines is 1. The number of hydrogen-bond donors (Lipinski definition) is 1. The monoisotopic (exact) mass is 507 g/mol. The lowest BCUT2D eigenvalue weighted by molar-refractivity contribution is -0.140. The van der Waals surface area contributed by atoms with Gasteiger partial charge in [0.1, 0.15) is 6.04 Å². The van der Waals surface area contributed by atoms with Gasteiger partial charge in [0.05, 0.1) is 11.9 Å². The number of benzene rings is 2. The van der Waals surface area contributed by atoms with Gasteiger partial charge in [0, 0.05) is 31.1 Å². The van der Waals surface area contributed by atoms with Crippen LogP contribution in [0.1, 0.15) is 43.4 Å². The van der Waals surface area contributed by atoms with Gasteiger partial charge < -0.3 is 10.2 Å². The third-order valence-electron chi connectivity index (χ3n) is 5.43. The molecule has 2 aromatic rings. The Kier molecular flexibility index (Phi) is 9.94. The summed E-state index contributed by atoms with van der Waals surface area (Å²) in [6, 6.07) is 12.1. The van der Waals surface area contributed by atoms with Crippen LogP contribution in [0.15, 0.2) is 42.5 Å². The lowest BCUT2D eigenvalue weighted by Crippen LogP contribution is -2.47. The molecule has 0 aliphatic heterocycles. The van der Waals surface area contributed by atoms with E-state index < -0.39 is 16.1 Å². The van der Waals surface area contributed by atoms with Crippen molar-refractivity contribution in [3.8, 4) is 0 Å². The smallest absolute Gasteiger partial charge is 0.242 e. The lowest BCUT2D eigenvalue weighted by Gasteiger charge is -2.29. The number of amides is 2. The summed E-state index contributed by atoms with van der Waals surface area (Å²) in [5.41, 5.74) is 3.36. The molecule has 0 spiro atoms. The highest BCUT2D eigenvalue weighted by Gasteiger charge is 2.26. The Morgan fingerprint density at radius 3 is 2.18 bits per heavy atom. The van der Waals surface area contributed by atoms with Crippen LogP contribution in [0.4, 0.5) is 5.69 Å². The normalized spacial score (nSPS) is 12.2. The average molecular weight is 508 g/mol. The fourth-order valence-electron chi connectivity index (χ4n) is 3.79. The number of sulfonamides is 1. The molecule has 0 saturated carbocycles. The molecule has 1 N–H and O–H groups in total. The molecule has 2 aromatic carbocycles. The highest BCUT2D eigenvalue weighted by molar-refractivity contribution is 7.92. The standard InChI is InChI=1S/C25H34ClN3O4S/c1-6-27-25(31)20(4)28(17-21-9-11-22(26)12-10-21)24(30)8-7-13-29(34(5,32)33)23-15-18(2)14-19(3)16-23/h9-12,14-16,20H,6-8,13,17H2,1-5H3,(H,27,31)/t20-/m0/s1. The molecule has 0 aliphatic rings. The molecule has 186 valence electrons. The zero-order valence-electron chi connectivity index (χ0n) is 20.5. The van der Waals surface area contributed by atoms with E-state index in [0.717, 1.165) is 22.9 Å². The molecule has 2 amide bonds. The Labute approximate surface area is 208 Å². The summed E-state index contributed by atoms with van der Waals surface area (Å²) in [6.45, 7) is 8.22. The molecule has 0 bridgehead atoms. The minimum atomic E-state index is -3.53. The maximum absolute atomic E-state index is 13.2. The third-order valence-corrected chi connectivity index (χ3v) is 6.88. The highest BCUT2D eigenvalue weighted by atomic mass is 35.5. The first kappa shape index (κ1) is 27.7. The Morgan fingerprint density at radius 1 is 1.06 bits per heavy atom. The number of aryl methyl sites for hydroxylation is 2. The van der Waals surface area contributed by atoms with E-state index in [-0.39, 0.29) is 31.3 Å². The molecule has 0 fully saturated rings. The van der Waals surface area contributed by atoms with Crippen LogP contribution >= 0.6 is 11.6 Å². The maximum Gasteiger partial charge on any atom is 0.242 e. The Bertz CT molecular complexity index is 1080.